The van der Waals surface area contributed by atoms with Gasteiger partial charge in [0.15, 0.2) is 12.1 Å². The molecule has 2 amide bonds. The number of carboxylic acids is 1. The third kappa shape index (κ3) is 8.57. The van der Waals surface area contributed by atoms with Crippen molar-refractivity contribution in [2.24, 2.45) is 5.92 Å². The molecule has 0 radical (unpaired) electrons. The molecule has 5 N–H and O–H groups in total. The number of benzene rings is 1. The Morgan fingerprint density at radius 2 is 1.87 bits per heavy atom. The molecule has 1 aromatic carbocycles. The Hall–Kier alpha value is -3.35. The van der Waals surface area contributed by atoms with Crippen molar-refractivity contribution in [3.8, 4) is 0 Å². The smallest absolute Gasteiger partial charge is 0.494 e. The fourth-order valence-electron chi connectivity index (χ4n) is 4.90. The first-order valence-corrected chi connectivity index (χ1v) is 13.3. The third-order valence-electron chi connectivity index (χ3n) is 6.70. The first-order valence-electron chi connectivity index (χ1n) is 13.3. The minimum Gasteiger partial charge on any atom is -0.494 e. The van der Waals surface area contributed by atoms with Crippen molar-refractivity contribution >= 4 is 25.1 Å². The number of ether oxygens (including phenoxy) is 2. The summed E-state index contributed by atoms with van der Waals surface area (Å²) in [5, 5.41) is 32.5. The van der Waals surface area contributed by atoms with Crippen molar-refractivity contribution in [1.29, 1.82) is 0 Å². The molecule has 1 aromatic rings. The highest BCUT2D eigenvalue weighted by Gasteiger charge is 2.34. The molecule has 0 aromatic heterocycles. The van der Waals surface area contributed by atoms with Gasteiger partial charge in [0.1, 0.15) is 5.76 Å². The van der Waals surface area contributed by atoms with Crippen LogP contribution in [0.25, 0.3) is 0 Å². The highest BCUT2D eigenvalue weighted by atomic mass is 16.5. The van der Waals surface area contributed by atoms with Gasteiger partial charge in [0.25, 0.3) is 5.91 Å². The number of carbonyl (C=O) groups is 3. The van der Waals surface area contributed by atoms with Crippen molar-refractivity contribution in [1.82, 2.24) is 10.4 Å². The van der Waals surface area contributed by atoms with Crippen LogP contribution in [-0.4, -0.2) is 69.0 Å². The van der Waals surface area contributed by atoms with Crippen LogP contribution >= 0.6 is 0 Å². The number of nitrogens with zero attached hydrogens (tertiary/aromatic N) is 1. The van der Waals surface area contributed by atoms with E-state index in [4.69, 9.17) is 24.5 Å². The Morgan fingerprint density at radius 3 is 2.56 bits per heavy atom. The van der Waals surface area contributed by atoms with E-state index in [-0.39, 0.29) is 24.9 Å². The number of aliphatic carboxylic acids is 1. The molecule has 11 nitrogen and oxygen atoms in total. The van der Waals surface area contributed by atoms with E-state index in [1.807, 2.05) is 32.1 Å². The highest BCUT2D eigenvalue weighted by Crippen LogP contribution is 2.29. The number of carbonyl (C=O) groups excluding carboxylic acids is 2. The number of nitrogens with one attached hydrogen (secondary N) is 1. The SMILES string of the molecule is CC(C)C[C@@H](C(=O)O)N(NC(=O)CCC1=COC2CCOC2=C1)C(=O)c1cccc2c1CCCC2.OB(O)O. The Kier molecular flexibility index (Phi) is 11.0. The van der Waals surface area contributed by atoms with Crippen LogP contribution in [0.3, 0.4) is 0 Å². The highest BCUT2D eigenvalue weighted by molar-refractivity contribution is 6.30. The van der Waals surface area contributed by atoms with E-state index < -0.39 is 31.1 Å². The molecule has 0 saturated carbocycles. The summed E-state index contributed by atoms with van der Waals surface area (Å²) < 4.78 is 11.2. The summed E-state index contributed by atoms with van der Waals surface area (Å²) >= 11 is 0. The van der Waals surface area contributed by atoms with Gasteiger partial charge in [-0.2, -0.15) is 0 Å². The third-order valence-corrected chi connectivity index (χ3v) is 6.70. The second-order valence-electron chi connectivity index (χ2n) is 10.2. The summed E-state index contributed by atoms with van der Waals surface area (Å²) in [7, 11) is -2.17. The van der Waals surface area contributed by atoms with Crippen LogP contribution in [0.2, 0.25) is 0 Å². The van der Waals surface area contributed by atoms with Gasteiger partial charge in [-0.1, -0.05) is 26.0 Å². The van der Waals surface area contributed by atoms with Gasteiger partial charge in [0.2, 0.25) is 5.91 Å². The molecule has 39 heavy (non-hydrogen) atoms. The van der Waals surface area contributed by atoms with Gasteiger partial charge in [-0.05, 0) is 73.3 Å². The van der Waals surface area contributed by atoms with Crippen LogP contribution in [0.15, 0.2) is 41.9 Å². The Bertz CT molecular complexity index is 1100. The van der Waals surface area contributed by atoms with Gasteiger partial charge >= 0.3 is 13.3 Å². The van der Waals surface area contributed by atoms with Crippen LogP contribution in [0.1, 0.15) is 73.9 Å². The number of amides is 2. The number of allylic oxidation sites excluding steroid dienone is 2. The molecule has 0 spiro atoms. The predicted molar refractivity (Wildman–Crippen MR) is 142 cm³/mol. The first kappa shape index (κ1) is 30.2. The maximum absolute atomic E-state index is 13.7. The van der Waals surface area contributed by atoms with Gasteiger partial charge in [-0.15, -0.1) is 0 Å². The number of carboxylic acid groups (broad SMARTS) is 1. The lowest BCUT2D eigenvalue weighted by Gasteiger charge is -2.31. The summed E-state index contributed by atoms with van der Waals surface area (Å²) in [6.45, 7) is 4.41. The molecule has 2 aliphatic heterocycles. The molecule has 212 valence electrons. The molecule has 1 fully saturated rings. The summed E-state index contributed by atoms with van der Waals surface area (Å²) in [5.41, 5.74) is 6.00. The van der Waals surface area contributed by atoms with E-state index in [1.165, 1.54) is 0 Å². The molecule has 12 heteroatoms. The van der Waals surface area contributed by atoms with E-state index in [9.17, 15) is 19.5 Å². The fourth-order valence-corrected chi connectivity index (χ4v) is 4.90. The average Bonchev–Trinajstić information content (AvgIpc) is 3.36. The van der Waals surface area contributed by atoms with Crippen molar-refractivity contribution in [3.63, 3.8) is 0 Å². The van der Waals surface area contributed by atoms with Gasteiger partial charge in [0.05, 0.1) is 12.9 Å². The van der Waals surface area contributed by atoms with Gasteiger partial charge in [0, 0.05) is 18.4 Å². The second-order valence-corrected chi connectivity index (χ2v) is 10.2. The zero-order valence-electron chi connectivity index (χ0n) is 22.3. The van der Waals surface area contributed by atoms with Crippen LogP contribution in [0.5, 0.6) is 0 Å². The van der Waals surface area contributed by atoms with Gasteiger partial charge in [-0.3, -0.25) is 15.0 Å². The minimum absolute atomic E-state index is 0.0171. The van der Waals surface area contributed by atoms with E-state index in [2.05, 4.69) is 5.43 Å². The van der Waals surface area contributed by atoms with E-state index in [0.717, 1.165) is 59.6 Å². The van der Waals surface area contributed by atoms with Gasteiger partial charge in [-0.25, -0.2) is 9.80 Å². The van der Waals surface area contributed by atoms with E-state index in [0.29, 0.717) is 18.6 Å². The number of rotatable bonds is 8. The number of hydrazine groups is 1. The van der Waals surface area contributed by atoms with Crippen molar-refractivity contribution in [2.75, 3.05) is 6.61 Å². The lowest BCUT2D eigenvalue weighted by atomic mass is 9.88. The first-order chi connectivity index (χ1) is 18.6. The Morgan fingerprint density at radius 1 is 1.15 bits per heavy atom. The molecule has 2 atom stereocenters. The van der Waals surface area contributed by atoms with Crippen molar-refractivity contribution in [3.05, 3.63) is 58.6 Å². The molecule has 0 bridgehead atoms. The Balaban J connectivity index is 0.000000983. The Labute approximate surface area is 228 Å². The van der Waals surface area contributed by atoms with Crippen LogP contribution in [0.4, 0.5) is 0 Å². The van der Waals surface area contributed by atoms with Crippen molar-refractivity contribution in [2.45, 2.75) is 77.4 Å². The molecular formula is C27H37BN2O9. The molecule has 2 heterocycles. The quantitative estimate of drug-likeness (QED) is 0.243. The molecule has 3 aliphatic rings. The van der Waals surface area contributed by atoms with Crippen LogP contribution in [-0.2, 0) is 31.9 Å². The van der Waals surface area contributed by atoms with E-state index >= 15 is 0 Å². The summed E-state index contributed by atoms with van der Waals surface area (Å²) in [6.07, 6.45) is 8.70. The molecule has 1 aliphatic carbocycles. The number of fused-ring (bicyclic) bond motifs is 2. The maximum Gasteiger partial charge on any atom is 0.631 e. The number of aryl methyl sites for hydroxylation is 1. The van der Waals surface area contributed by atoms with Crippen LogP contribution < -0.4 is 5.43 Å². The molecule has 1 unspecified atom stereocenters. The monoisotopic (exact) mass is 544 g/mol. The summed E-state index contributed by atoms with van der Waals surface area (Å²) in [5.74, 6) is -1.25. The topological polar surface area (TPSA) is 166 Å². The summed E-state index contributed by atoms with van der Waals surface area (Å²) in [6, 6.07) is 4.41. The molecular weight excluding hydrogens is 507 g/mol. The largest absolute Gasteiger partial charge is 0.631 e. The van der Waals surface area contributed by atoms with E-state index in [1.54, 1.807) is 12.3 Å². The zero-order valence-corrected chi connectivity index (χ0v) is 22.3. The standard InChI is InChI=1S/C27H34N2O6.BH3O3/c1-17(2)14-22(27(32)33)29(26(31)21-9-5-7-19-6-3-4-8-20(19)21)28-25(30)11-10-18-15-24-23(35-16-18)12-13-34-24;2-1(3)4/h5,7,9,15-17,22-23H,3-4,6,8,10-14H2,1-2H3,(H,28,30)(H,32,33);2-4H/t22-,23?;/m0./s1. The fraction of sp³-hybridized carbons (Fsp3) is 0.519. The number of hydrogen-bond acceptors (Lipinski definition) is 8. The number of hydrogen-bond donors (Lipinski definition) is 5. The van der Waals surface area contributed by atoms with Crippen LogP contribution in [0, 0.1) is 5.92 Å². The normalized spacial score (nSPS) is 18.1. The molecule has 1 saturated heterocycles. The lowest BCUT2D eigenvalue weighted by molar-refractivity contribution is -0.145. The van der Waals surface area contributed by atoms with Gasteiger partial charge < -0.3 is 29.7 Å². The zero-order chi connectivity index (χ0) is 28.5. The molecule has 4 rings (SSSR count). The van der Waals surface area contributed by atoms with Crippen molar-refractivity contribution < 1.29 is 44.0 Å². The second kappa shape index (κ2) is 14.2. The minimum atomic E-state index is -2.17. The predicted octanol–water partition coefficient (Wildman–Crippen LogP) is 1.85. The lowest BCUT2D eigenvalue weighted by Crippen LogP contribution is -2.55. The summed E-state index contributed by atoms with van der Waals surface area (Å²) in [4.78, 5) is 38.8. The average molecular weight is 544 g/mol. The maximum atomic E-state index is 13.7.